The van der Waals surface area contributed by atoms with Gasteiger partial charge in [-0.25, -0.2) is 0 Å². The van der Waals surface area contributed by atoms with Crippen molar-refractivity contribution in [3.8, 4) is 17.7 Å². The molecule has 0 unspecified atom stereocenters. The van der Waals surface area contributed by atoms with Crippen molar-refractivity contribution in [2.45, 2.75) is 33.6 Å². The molecular formula is C24H26N4O3. The van der Waals surface area contributed by atoms with Crippen molar-refractivity contribution in [3.05, 3.63) is 53.4 Å². The van der Waals surface area contributed by atoms with E-state index >= 15 is 0 Å². The average Bonchev–Trinajstić information content (AvgIpc) is 3.43. The van der Waals surface area contributed by atoms with Gasteiger partial charge in [0.2, 0.25) is 17.5 Å². The summed E-state index contributed by atoms with van der Waals surface area (Å²) < 4.78 is 11.2. The highest BCUT2D eigenvalue weighted by Gasteiger charge is 2.31. The third kappa shape index (κ3) is 4.19. The van der Waals surface area contributed by atoms with Gasteiger partial charge < -0.3 is 18.6 Å². The topological polar surface area (TPSA) is 86.5 Å². The van der Waals surface area contributed by atoms with Crippen molar-refractivity contribution in [1.29, 1.82) is 5.26 Å². The molecular weight excluding hydrogens is 392 g/mol. The van der Waals surface area contributed by atoms with E-state index in [0.717, 1.165) is 16.8 Å². The summed E-state index contributed by atoms with van der Waals surface area (Å²) in [4.78, 5) is 21.4. The molecule has 0 aliphatic carbocycles. The number of furan rings is 1. The van der Waals surface area contributed by atoms with E-state index in [1.54, 1.807) is 12.1 Å². The number of benzene rings is 1. The zero-order valence-electron chi connectivity index (χ0n) is 18.1. The largest absolute Gasteiger partial charge is 0.459 e. The molecule has 160 valence electrons. The number of rotatable bonds is 5. The molecule has 1 aromatic carbocycles. The van der Waals surface area contributed by atoms with E-state index in [1.807, 2.05) is 16.7 Å². The van der Waals surface area contributed by atoms with Gasteiger partial charge in [-0.15, -0.1) is 0 Å². The zero-order chi connectivity index (χ0) is 22.0. The molecule has 0 N–H and O–H groups in total. The lowest BCUT2D eigenvalue weighted by atomic mass is 9.94. The number of nitrogens with zero attached hydrogens (tertiary/aromatic N) is 4. The van der Waals surface area contributed by atoms with Crippen LogP contribution in [-0.2, 0) is 4.79 Å². The summed E-state index contributed by atoms with van der Waals surface area (Å²) in [6.07, 6.45) is 2.93. The van der Waals surface area contributed by atoms with Crippen LogP contribution in [0, 0.1) is 31.1 Å². The minimum atomic E-state index is -0.0602. The van der Waals surface area contributed by atoms with Gasteiger partial charge in [0, 0.05) is 31.2 Å². The number of oxazole rings is 1. The highest BCUT2D eigenvalue weighted by atomic mass is 16.4. The predicted octanol–water partition coefficient (Wildman–Crippen LogP) is 4.69. The molecule has 7 nitrogen and oxygen atoms in total. The minimum Gasteiger partial charge on any atom is -0.459 e. The van der Waals surface area contributed by atoms with E-state index in [0.29, 0.717) is 50.0 Å². The van der Waals surface area contributed by atoms with E-state index in [-0.39, 0.29) is 17.5 Å². The zero-order valence-corrected chi connectivity index (χ0v) is 18.1. The number of amides is 1. The normalized spacial score (nSPS) is 14.5. The summed E-state index contributed by atoms with van der Waals surface area (Å²) >= 11 is 0. The van der Waals surface area contributed by atoms with Crippen LogP contribution in [0.25, 0.3) is 11.7 Å². The summed E-state index contributed by atoms with van der Waals surface area (Å²) in [5.41, 5.74) is 3.50. The SMILES string of the molecule is CCN(C(=O)C1CCN(c2oc(-c3ccco3)nc2C#N)CC1)c1cc(C)cc(C)c1. The van der Waals surface area contributed by atoms with E-state index < -0.39 is 0 Å². The Kier molecular flexibility index (Phi) is 5.81. The van der Waals surface area contributed by atoms with Gasteiger partial charge in [0.1, 0.15) is 6.07 Å². The number of carbonyl (C=O) groups is 1. The first-order valence-corrected chi connectivity index (χ1v) is 10.6. The van der Waals surface area contributed by atoms with Crippen molar-refractivity contribution in [2.75, 3.05) is 29.4 Å². The molecule has 1 aliphatic rings. The Bertz CT molecular complexity index is 1080. The molecule has 0 bridgehead atoms. The van der Waals surface area contributed by atoms with Crippen LogP contribution in [0.2, 0.25) is 0 Å². The fourth-order valence-electron chi connectivity index (χ4n) is 4.23. The summed E-state index contributed by atoms with van der Waals surface area (Å²) in [5.74, 6) is 1.32. The molecule has 1 fully saturated rings. The molecule has 1 amide bonds. The first kappa shape index (κ1) is 20.7. The Morgan fingerprint density at radius 3 is 2.55 bits per heavy atom. The summed E-state index contributed by atoms with van der Waals surface area (Å²) in [6, 6.07) is 11.8. The highest BCUT2D eigenvalue weighted by molar-refractivity contribution is 5.95. The number of carbonyl (C=O) groups excluding carboxylic acids is 1. The predicted molar refractivity (Wildman–Crippen MR) is 118 cm³/mol. The summed E-state index contributed by atoms with van der Waals surface area (Å²) in [6.45, 7) is 8.00. The maximum Gasteiger partial charge on any atom is 0.266 e. The number of piperidine rings is 1. The molecule has 31 heavy (non-hydrogen) atoms. The van der Waals surface area contributed by atoms with Crippen LogP contribution < -0.4 is 9.80 Å². The van der Waals surface area contributed by atoms with E-state index in [9.17, 15) is 10.1 Å². The Morgan fingerprint density at radius 2 is 1.97 bits per heavy atom. The van der Waals surface area contributed by atoms with Gasteiger partial charge in [0.25, 0.3) is 5.89 Å². The lowest BCUT2D eigenvalue weighted by Crippen LogP contribution is -2.43. The monoisotopic (exact) mass is 418 g/mol. The van der Waals surface area contributed by atoms with Crippen LogP contribution in [0.15, 0.2) is 45.4 Å². The Morgan fingerprint density at radius 1 is 1.26 bits per heavy atom. The molecule has 0 radical (unpaired) electrons. The Labute approximate surface area is 181 Å². The number of anilines is 2. The highest BCUT2D eigenvalue weighted by Crippen LogP contribution is 2.32. The van der Waals surface area contributed by atoms with Gasteiger partial charge in [0.15, 0.2) is 5.76 Å². The lowest BCUT2D eigenvalue weighted by Gasteiger charge is -2.34. The first-order chi connectivity index (χ1) is 15.0. The molecule has 0 atom stereocenters. The third-order valence-corrected chi connectivity index (χ3v) is 5.68. The number of hydrogen-bond donors (Lipinski definition) is 0. The van der Waals surface area contributed by atoms with Crippen LogP contribution in [0.4, 0.5) is 11.6 Å². The van der Waals surface area contributed by atoms with Crippen LogP contribution in [0.3, 0.4) is 0 Å². The van der Waals surface area contributed by atoms with Crippen molar-refractivity contribution in [1.82, 2.24) is 4.98 Å². The van der Waals surface area contributed by atoms with Gasteiger partial charge in [-0.2, -0.15) is 10.2 Å². The molecule has 1 saturated heterocycles. The van der Waals surface area contributed by atoms with E-state index in [2.05, 4.69) is 43.1 Å². The third-order valence-electron chi connectivity index (χ3n) is 5.68. The maximum absolute atomic E-state index is 13.3. The minimum absolute atomic E-state index is 0.0602. The first-order valence-electron chi connectivity index (χ1n) is 10.6. The number of hydrogen-bond acceptors (Lipinski definition) is 6. The molecule has 4 rings (SSSR count). The van der Waals surface area contributed by atoms with E-state index in [1.165, 1.54) is 6.26 Å². The Balaban J connectivity index is 1.47. The lowest BCUT2D eigenvalue weighted by molar-refractivity contribution is -0.122. The van der Waals surface area contributed by atoms with Crippen molar-refractivity contribution >= 4 is 17.5 Å². The second-order valence-corrected chi connectivity index (χ2v) is 7.95. The van der Waals surface area contributed by atoms with Gasteiger partial charge in [-0.1, -0.05) is 6.07 Å². The average molecular weight is 418 g/mol. The summed E-state index contributed by atoms with van der Waals surface area (Å²) in [5, 5.41) is 9.49. The molecule has 1 aliphatic heterocycles. The van der Waals surface area contributed by atoms with Crippen LogP contribution >= 0.6 is 0 Å². The fraction of sp³-hybridized carbons (Fsp3) is 0.375. The maximum atomic E-state index is 13.3. The van der Waals surface area contributed by atoms with Crippen molar-refractivity contribution in [2.24, 2.45) is 5.92 Å². The molecule has 0 spiro atoms. The fourth-order valence-corrected chi connectivity index (χ4v) is 4.23. The van der Waals surface area contributed by atoms with E-state index in [4.69, 9.17) is 8.83 Å². The van der Waals surface area contributed by atoms with Crippen molar-refractivity contribution < 1.29 is 13.6 Å². The number of aromatic nitrogens is 1. The van der Waals surface area contributed by atoms with Gasteiger partial charge in [-0.3, -0.25) is 4.79 Å². The van der Waals surface area contributed by atoms with Gasteiger partial charge in [0.05, 0.1) is 6.26 Å². The second-order valence-electron chi connectivity index (χ2n) is 7.95. The molecule has 3 aromatic rings. The van der Waals surface area contributed by atoms with Crippen molar-refractivity contribution in [3.63, 3.8) is 0 Å². The standard InChI is InChI=1S/C24H26N4O3/c1-4-28(19-13-16(2)12-17(3)14-19)23(29)18-7-9-27(10-8-18)24-20(15-25)26-22(31-24)21-6-5-11-30-21/h5-6,11-14,18H,4,7-10H2,1-3H3. The molecule has 0 saturated carbocycles. The van der Waals surface area contributed by atoms with Crippen LogP contribution in [0.1, 0.15) is 36.6 Å². The number of aryl methyl sites for hydroxylation is 2. The second kappa shape index (κ2) is 8.68. The quantitative estimate of drug-likeness (QED) is 0.597. The van der Waals surface area contributed by atoms with Gasteiger partial charge >= 0.3 is 0 Å². The molecule has 2 aromatic heterocycles. The van der Waals surface area contributed by atoms with Crippen LogP contribution in [-0.4, -0.2) is 30.5 Å². The molecule has 7 heteroatoms. The number of nitriles is 1. The van der Waals surface area contributed by atoms with Crippen LogP contribution in [0.5, 0.6) is 0 Å². The smallest absolute Gasteiger partial charge is 0.266 e. The molecule has 3 heterocycles. The van der Waals surface area contributed by atoms with Gasteiger partial charge in [-0.05, 0) is 69.0 Å². The Hall–Kier alpha value is -3.53. The summed E-state index contributed by atoms with van der Waals surface area (Å²) in [7, 11) is 0.